The highest BCUT2D eigenvalue weighted by molar-refractivity contribution is 5.23. The van der Waals surface area contributed by atoms with Gasteiger partial charge in [-0.2, -0.15) is 0 Å². The van der Waals surface area contributed by atoms with Gasteiger partial charge in [-0.25, -0.2) is 0 Å². The normalized spacial score (nSPS) is 12.6. The van der Waals surface area contributed by atoms with Gasteiger partial charge in [-0.3, -0.25) is 0 Å². The van der Waals surface area contributed by atoms with Gasteiger partial charge in [0.05, 0.1) is 6.10 Å². The van der Waals surface area contributed by atoms with E-state index in [0.29, 0.717) is 0 Å². The number of ether oxygens (including phenoxy) is 1. The van der Waals surface area contributed by atoms with E-state index in [1.165, 1.54) is 24.0 Å². The Morgan fingerprint density at radius 2 is 1.79 bits per heavy atom. The summed E-state index contributed by atoms with van der Waals surface area (Å²) in [6.07, 6.45) is 5.00. The summed E-state index contributed by atoms with van der Waals surface area (Å²) in [5.74, 6) is 0. The van der Waals surface area contributed by atoms with Crippen LogP contribution in [-0.2, 0) is 4.74 Å². The molecule has 1 aromatic carbocycles. The third-order valence-corrected chi connectivity index (χ3v) is 3.27. The van der Waals surface area contributed by atoms with Crippen molar-refractivity contribution in [2.24, 2.45) is 0 Å². The minimum atomic E-state index is 0.184. The zero-order valence-corrected chi connectivity index (χ0v) is 12.7. The summed E-state index contributed by atoms with van der Waals surface area (Å²) in [4.78, 5) is 0. The van der Waals surface area contributed by atoms with Crippen LogP contribution in [0, 0.1) is 6.92 Å². The van der Waals surface area contributed by atoms with Gasteiger partial charge in [0, 0.05) is 13.2 Å². The van der Waals surface area contributed by atoms with E-state index in [1.54, 1.807) is 0 Å². The summed E-state index contributed by atoms with van der Waals surface area (Å²) >= 11 is 0. The molecule has 0 aromatic heterocycles. The van der Waals surface area contributed by atoms with Crippen LogP contribution < -0.4 is 5.32 Å². The van der Waals surface area contributed by atoms with Crippen LogP contribution in [0.15, 0.2) is 24.3 Å². The number of benzene rings is 1. The summed E-state index contributed by atoms with van der Waals surface area (Å²) in [5.41, 5.74) is 2.58. The second-order valence-electron chi connectivity index (χ2n) is 5.18. The third kappa shape index (κ3) is 6.74. The first kappa shape index (κ1) is 16.2. The molecule has 0 aliphatic heterocycles. The molecule has 108 valence electrons. The van der Waals surface area contributed by atoms with Gasteiger partial charge >= 0.3 is 0 Å². The number of unbranched alkanes of at least 4 members (excludes halogenated alkanes) is 2. The van der Waals surface area contributed by atoms with Crippen LogP contribution in [0.2, 0.25) is 0 Å². The van der Waals surface area contributed by atoms with Crippen molar-refractivity contribution in [3.05, 3.63) is 35.4 Å². The van der Waals surface area contributed by atoms with Crippen molar-refractivity contribution in [2.75, 3.05) is 19.7 Å². The zero-order chi connectivity index (χ0) is 13.9. The molecule has 0 saturated heterocycles. The van der Waals surface area contributed by atoms with E-state index in [-0.39, 0.29) is 6.10 Å². The lowest BCUT2D eigenvalue weighted by molar-refractivity contribution is 0.0501. The van der Waals surface area contributed by atoms with Crippen LogP contribution in [0.3, 0.4) is 0 Å². The van der Waals surface area contributed by atoms with Crippen LogP contribution in [-0.4, -0.2) is 19.7 Å². The molecule has 0 spiro atoms. The lowest BCUT2D eigenvalue weighted by Crippen LogP contribution is -2.24. The van der Waals surface area contributed by atoms with Gasteiger partial charge in [0.2, 0.25) is 0 Å². The highest BCUT2D eigenvalue weighted by atomic mass is 16.5. The molecule has 2 nitrogen and oxygen atoms in total. The number of nitrogens with one attached hydrogen (secondary N) is 1. The Bertz CT molecular complexity index is 321. The van der Waals surface area contributed by atoms with Gasteiger partial charge in [0.15, 0.2) is 0 Å². The molecule has 1 aromatic rings. The van der Waals surface area contributed by atoms with Crippen LogP contribution in [0.25, 0.3) is 0 Å². The van der Waals surface area contributed by atoms with Gasteiger partial charge < -0.3 is 10.1 Å². The van der Waals surface area contributed by atoms with Crippen molar-refractivity contribution in [1.29, 1.82) is 0 Å². The summed E-state index contributed by atoms with van der Waals surface area (Å²) in [5, 5.41) is 3.46. The number of hydrogen-bond donors (Lipinski definition) is 1. The Balaban J connectivity index is 2.49. The number of rotatable bonds is 10. The molecule has 0 aliphatic carbocycles. The van der Waals surface area contributed by atoms with Gasteiger partial charge in [0.1, 0.15) is 0 Å². The molecular weight excluding hydrogens is 234 g/mol. The topological polar surface area (TPSA) is 21.3 Å². The zero-order valence-electron chi connectivity index (χ0n) is 12.7. The maximum atomic E-state index is 6.05. The summed E-state index contributed by atoms with van der Waals surface area (Å²) in [7, 11) is 0. The van der Waals surface area contributed by atoms with Gasteiger partial charge in [-0.05, 0) is 31.9 Å². The number of hydrogen-bond acceptors (Lipinski definition) is 2. The first-order chi connectivity index (χ1) is 9.27. The molecule has 0 heterocycles. The van der Waals surface area contributed by atoms with Crippen molar-refractivity contribution >= 4 is 0 Å². The average Bonchev–Trinajstić information content (AvgIpc) is 2.43. The van der Waals surface area contributed by atoms with Gasteiger partial charge in [-0.1, -0.05) is 56.5 Å². The van der Waals surface area contributed by atoms with Crippen molar-refractivity contribution in [3.63, 3.8) is 0 Å². The predicted molar refractivity (Wildman–Crippen MR) is 82.6 cm³/mol. The van der Waals surface area contributed by atoms with Crippen LogP contribution in [0.1, 0.15) is 56.8 Å². The fraction of sp³-hybridized carbons (Fsp3) is 0.647. The van der Waals surface area contributed by atoms with Gasteiger partial charge in [0.25, 0.3) is 0 Å². The second-order valence-corrected chi connectivity index (χ2v) is 5.18. The van der Waals surface area contributed by atoms with E-state index in [2.05, 4.69) is 50.4 Å². The smallest absolute Gasteiger partial charge is 0.0949 e. The fourth-order valence-electron chi connectivity index (χ4n) is 2.04. The lowest BCUT2D eigenvalue weighted by atomic mass is 10.1. The van der Waals surface area contributed by atoms with Crippen LogP contribution in [0.4, 0.5) is 0 Å². The van der Waals surface area contributed by atoms with Crippen molar-refractivity contribution < 1.29 is 4.74 Å². The van der Waals surface area contributed by atoms with Crippen molar-refractivity contribution in [1.82, 2.24) is 5.32 Å². The SMILES string of the molecule is CCCCCOC(CNCCC)c1ccc(C)cc1. The molecule has 1 unspecified atom stereocenters. The average molecular weight is 263 g/mol. The van der Waals surface area contributed by atoms with Crippen molar-refractivity contribution in [2.45, 2.75) is 52.6 Å². The molecule has 0 aliphatic rings. The largest absolute Gasteiger partial charge is 0.372 e. The van der Waals surface area contributed by atoms with Crippen molar-refractivity contribution in [3.8, 4) is 0 Å². The summed E-state index contributed by atoms with van der Waals surface area (Å²) in [6, 6.07) is 8.70. The fourth-order valence-corrected chi connectivity index (χ4v) is 2.04. The first-order valence-electron chi connectivity index (χ1n) is 7.66. The van der Waals surface area contributed by atoms with E-state index in [4.69, 9.17) is 4.74 Å². The Hall–Kier alpha value is -0.860. The second kappa shape index (κ2) is 9.99. The van der Waals surface area contributed by atoms with E-state index in [9.17, 15) is 0 Å². The molecule has 0 saturated carbocycles. The van der Waals surface area contributed by atoms with Gasteiger partial charge in [-0.15, -0.1) is 0 Å². The molecule has 1 rings (SSSR count). The van der Waals surface area contributed by atoms with E-state index in [0.717, 1.165) is 32.5 Å². The third-order valence-electron chi connectivity index (χ3n) is 3.27. The molecule has 0 amide bonds. The molecule has 19 heavy (non-hydrogen) atoms. The minimum Gasteiger partial charge on any atom is -0.372 e. The highest BCUT2D eigenvalue weighted by Crippen LogP contribution is 2.18. The maximum absolute atomic E-state index is 6.05. The number of aryl methyl sites for hydroxylation is 1. The monoisotopic (exact) mass is 263 g/mol. The first-order valence-corrected chi connectivity index (χ1v) is 7.66. The quantitative estimate of drug-likeness (QED) is 0.637. The lowest BCUT2D eigenvalue weighted by Gasteiger charge is -2.19. The molecule has 1 atom stereocenters. The maximum Gasteiger partial charge on any atom is 0.0949 e. The Morgan fingerprint density at radius 3 is 2.42 bits per heavy atom. The molecule has 0 radical (unpaired) electrons. The Labute approximate surface area is 118 Å². The van der Waals surface area contributed by atoms with E-state index < -0.39 is 0 Å². The molecular formula is C17H29NO. The van der Waals surface area contributed by atoms with Crippen LogP contribution in [0.5, 0.6) is 0 Å². The standard InChI is InChI=1S/C17H29NO/c1-4-6-7-13-19-17(14-18-12-5-2)16-10-8-15(3)9-11-16/h8-11,17-18H,4-7,12-14H2,1-3H3. The molecule has 1 N–H and O–H groups in total. The summed E-state index contributed by atoms with van der Waals surface area (Å²) < 4.78 is 6.05. The Kier molecular flexibility index (Phi) is 8.52. The molecule has 2 heteroatoms. The molecule has 0 fully saturated rings. The highest BCUT2D eigenvalue weighted by Gasteiger charge is 2.11. The molecule has 0 bridgehead atoms. The Morgan fingerprint density at radius 1 is 1.05 bits per heavy atom. The van der Waals surface area contributed by atoms with E-state index in [1.807, 2.05) is 0 Å². The van der Waals surface area contributed by atoms with E-state index >= 15 is 0 Å². The van der Waals surface area contributed by atoms with Crippen LogP contribution >= 0.6 is 0 Å². The minimum absolute atomic E-state index is 0.184. The summed E-state index contributed by atoms with van der Waals surface area (Å²) in [6.45, 7) is 9.36. The predicted octanol–water partition coefficient (Wildman–Crippen LogP) is 4.24.